The first-order valence-corrected chi connectivity index (χ1v) is 5.71. The van der Waals surface area contributed by atoms with Gasteiger partial charge in [-0.3, -0.25) is 4.79 Å². The molecule has 1 amide bonds. The highest BCUT2D eigenvalue weighted by Gasteiger charge is 2.15. The Bertz CT molecular complexity index is 352. The van der Waals surface area contributed by atoms with Gasteiger partial charge in [-0.05, 0) is 31.5 Å². The summed E-state index contributed by atoms with van der Waals surface area (Å²) in [5.41, 5.74) is 6.63. The molecule has 0 saturated heterocycles. The van der Waals surface area contributed by atoms with Crippen molar-refractivity contribution in [3.05, 3.63) is 34.9 Å². The Morgan fingerprint density at radius 2 is 1.94 bits per heavy atom. The van der Waals surface area contributed by atoms with E-state index in [9.17, 15) is 4.79 Å². The van der Waals surface area contributed by atoms with E-state index < -0.39 is 6.04 Å². The van der Waals surface area contributed by atoms with Gasteiger partial charge in [0.05, 0.1) is 6.04 Å². The van der Waals surface area contributed by atoms with E-state index >= 15 is 0 Å². The van der Waals surface area contributed by atoms with Crippen molar-refractivity contribution in [1.82, 2.24) is 4.90 Å². The number of nitrogens with two attached hydrogens (primary N) is 1. The summed E-state index contributed by atoms with van der Waals surface area (Å²) in [5.74, 6) is -0.0301. The molecule has 1 atom stereocenters. The van der Waals surface area contributed by atoms with E-state index in [4.69, 9.17) is 17.3 Å². The second-order valence-electron chi connectivity index (χ2n) is 3.77. The molecule has 0 aliphatic rings. The molecule has 17 heavy (non-hydrogen) atoms. The maximum Gasteiger partial charge on any atom is 0.239 e. The number of hydrogen-bond acceptors (Lipinski definition) is 2. The number of rotatable bonds is 4. The van der Waals surface area contributed by atoms with Crippen LogP contribution in [0, 0.1) is 0 Å². The molecule has 96 valence electrons. The van der Waals surface area contributed by atoms with Crippen molar-refractivity contribution in [2.75, 3.05) is 6.54 Å². The molecule has 0 aliphatic heterocycles. The summed E-state index contributed by atoms with van der Waals surface area (Å²) in [6.45, 7) is 4.88. The SMILES string of the molecule is CCN(Cc1ccc(Cl)cc1)C(=O)[C@H](C)N.Cl. The van der Waals surface area contributed by atoms with E-state index in [2.05, 4.69) is 0 Å². The molecule has 5 heteroatoms. The third-order valence-corrected chi connectivity index (χ3v) is 2.62. The highest BCUT2D eigenvalue weighted by molar-refractivity contribution is 6.30. The molecule has 1 aromatic rings. The van der Waals surface area contributed by atoms with Gasteiger partial charge in [-0.2, -0.15) is 0 Å². The molecule has 0 heterocycles. The first-order valence-electron chi connectivity index (χ1n) is 5.33. The first-order chi connectivity index (χ1) is 7.54. The van der Waals surface area contributed by atoms with Crippen LogP contribution in [0.15, 0.2) is 24.3 Å². The van der Waals surface area contributed by atoms with Crippen LogP contribution in [0.2, 0.25) is 5.02 Å². The highest BCUT2D eigenvalue weighted by Crippen LogP contribution is 2.11. The van der Waals surface area contributed by atoms with Crippen molar-refractivity contribution in [2.24, 2.45) is 5.73 Å². The molecule has 3 nitrogen and oxygen atoms in total. The van der Waals surface area contributed by atoms with Crippen LogP contribution >= 0.6 is 24.0 Å². The minimum Gasteiger partial charge on any atom is -0.337 e. The molecule has 0 aromatic heterocycles. The lowest BCUT2D eigenvalue weighted by molar-refractivity contribution is -0.132. The van der Waals surface area contributed by atoms with Gasteiger partial charge in [-0.1, -0.05) is 23.7 Å². The van der Waals surface area contributed by atoms with Crippen molar-refractivity contribution >= 4 is 29.9 Å². The van der Waals surface area contributed by atoms with Gasteiger partial charge in [-0.15, -0.1) is 12.4 Å². The smallest absolute Gasteiger partial charge is 0.239 e. The lowest BCUT2D eigenvalue weighted by Crippen LogP contribution is -2.41. The average molecular weight is 277 g/mol. The summed E-state index contributed by atoms with van der Waals surface area (Å²) in [5, 5.41) is 0.699. The summed E-state index contributed by atoms with van der Waals surface area (Å²) in [7, 11) is 0. The fraction of sp³-hybridized carbons (Fsp3) is 0.417. The third kappa shape index (κ3) is 4.94. The summed E-state index contributed by atoms with van der Waals surface area (Å²) in [4.78, 5) is 13.5. The van der Waals surface area contributed by atoms with Gasteiger partial charge in [0.25, 0.3) is 0 Å². The van der Waals surface area contributed by atoms with E-state index in [1.165, 1.54) is 0 Å². The van der Waals surface area contributed by atoms with Crippen molar-refractivity contribution in [3.63, 3.8) is 0 Å². The van der Waals surface area contributed by atoms with Crippen molar-refractivity contribution < 1.29 is 4.79 Å². The molecular formula is C12H18Cl2N2O. The zero-order valence-electron chi connectivity index (χ0n) is 10.0. The zero-order valence-corrected chi connectivity index (χ0v) is 11.6. The lowest BCUT2D eigenvalue weighted by Gasteiger charge is -2.22. The normalized spacial score (nSPS) is 11.5. The van der Waals surface area contributed by atoms with Crippen LogP contribution in [0.1, 0.15) is 19.4 Å². The quantitative estimate of drug-likeness (QED) is 0.918. The van der Waals surface area contributed by atoms with Crippen LogP contribution in [-0.2, 0) is 11.3 Å². The van der Waals surface area contributed by atoms with Crippen LogP contribution in [0.4, 0.5) is 0 Å². The van der Waals surface area contributed by atoms with Crippen molar-refractivity contribution in [1.29, 1.82) is 0 Å². The third-order valence-electron chi connectivity index (χ3n) is 2.37. The number of benzene rings is 1. The van der Waals surface area contributed by atoms with Crippen LogP contribution in [0.5, 0.6) is 0 Å². The second-order valence-corrected chi connectivity index (χ2v) is 4.20. The fourth-order valence-electron chi connectivity index (χ4n) is 1.44. The fourth-order valence-corrected chi connectivity index (χ4v) is 1.57. The van der Waals surface area contributed by atoms with Gasteiger partial charge in [0, 0.05) is 18.1 Å². The minimum absolute atomic E-state index is 0. The van der Waals surface area contributed by atoms with Crippen LogP contribution in [0.25, 0.3) is 0 Å². The molecule has 0 aliphatic carbocycles. The Hall–Kier alpha value is -0.770. The molecular weight excluding hydrogens is 259 g/mol. The van der Waals surface area contributed by atoms with Gasteiger partial charge in [0.1, 0.15) is 0 Å². The molecule has 1 aromatic carbocycles. The summed E-state index contributed by atoms with van der Waals surface area (Å²) < 4.78 is 0. The summed E-state index contributed by atoms with van der Waals surface area (Å²) in [6, 6.07) is 7.02. The molecule has 2 N–H and O–H groups in total. The topological polar surface area (TPSA) is 46.3 Å². The monoisotopic (exact) mass is 276 g/mol. The van der Waals surface area contributed by atoms with Crippen LogP contribution < -0.4 is 5.73 Å². The van der Waals surface area contributed by atoms with Crippen LogP contribution in [-0.4, -0.2) is 23.4 Å². The molecule has 0 radical (unpaired) electrons. The van der Waals surface area contributed by atoms with Gasteiger partial charge in [0.15, 0.2) is 0 Å². The average Bonchev–Trinajstić information content (AvgIpc) is 2.27. The highest BCUT2D eigenvalue weighted by atomic mass is 35.5. The Kier molecular flexibility index (Phi) is 7.19. The molecule has 1 rings (SSSR count). The predicted octanol–water partition coefficient (Wildman–Crippen LogP) is 2.46. The molecule has 0 spiro atoms. The number of carbonyl (C=O) groups excluding carboxylic acids is 1. The number of halogens is 2. The summed E-state index contributed by atoms with van der Waals surface area (Å²) >= 11 is 5.79. The Morgan fingerprint density at radius 3 is 2.35 bits per heavy atom. The van der Waals surface area contributed by atoms with Gasteiger partial charge >= 0.3 is 0 Å². The zero-order chi connectivity index (χ0) is 12.1. The standard InChI is InChI=1S/C12H17ClN2O.ClH/c1-3-15(12(16)9(2)14)8-10-4-6-11(13)7-5-10;/h4-7,9H,3,8,14H2,1-2H3;1H/t9-;/m0./s1. The van der Waals surface area contributed by atoms with Crippen molar-refractivity contribution in [2.45, 2.75) is 26.4 Å². The lowest BCUT2D eigenvalue weighted by atomic mass is 10.2. The van der Waals surface area contributed by atoms with Crippen LogP contribution in [0.3, 0.4) is 0 Å². The molecule has 0 saturated carbocycles. The first kappa shape index (κ1) is 16.2. The van der Waals surface area contributed by atoms with E-state index in [1.54, 1.807) is 11.8 Å². The van der Waals surface area contributed by atoms with Gasteiger partial charge < -0.3 is 10.6 Å². The Labute approximate surface area is 113 Å². The molecule has 0 unspecified atom stereocenters. The molecule has 0 bridgehead atoms. The van der Waals surface area contributed by atoms with Gasteiger partial charge in [-0.25, -0.2) is 0 Å². The maximum atomic E-state index is 11.7. The second kappa shape index (κ2) is 7.54. The number of hydrogen-bond donors (Lipinski definition) is 1. The predicted molar refractivity (Wildman–Crippen MR) is 73.4 cm³/mol. The van der Waals surface area contributed by atoms with E-state index in [0.717, 1.165) is 5.56 Å². The number of carbonyl (C=O) groups is 1. The minimum atomic E-state index is -0.452. The largest absolute Gasteiger partial charge is 0.337 e. The number of amides is 1. The number of nitrogens with zero attached hydrogens (tertiary/aromatic N) is 1. The maximum absolute atomic E-state index is 11.7. The Morgan fingerprint density at radius 1 is 1.41 bits per heavy atom. The Balaban J connectivity index is 0.00000256. The summed E-state index contributed by atoms with van der Waals surface area (Å²) in [6.07, 6.45) is 0. The van der Waals surface area contributed by atoms with E-state index in [1.807, 2.05) is 31.2 Å². The van der Waals surface area contributed by atoms with E-state index in [0.29, 0.717) is 18.1 Å². The van der Waals surface area contributed by atoms with Crippen molar-refractivity contribution in [3.8, 4) is 0 Å². The number of likely N-dealkylation sites (N-methyl/N-ethyl adjacent to an activating group) is 1. The van der Waals surface area contributed by atoms with E-state index in [-0.39, 0.29) is 18.3 Å². The molecule has 0 fully saturated rings. The van der Waals surface area contributed by atoms with Gasteiger partial charge in [0.2, 0.25) is 5.91 Å².